The van der Waals surface area contributed by atoms with Crippen molar-refractivity contribution in [1.82, 2.24) is 0 Å². The second-order valence-corrected chi connectivity index (χ2v) is 9.34. The van der Waals surface area contributed by atoms with E-state index in [1.165, 1.54) is 77.0 Å². The zero-order valence-electron chi connectivity index (χ0n) is 19.6. The van der Waals surface area contributed by atoms with Crippen LogP contribution in [-0.2, 0) is 6.61 Å². The summed E-state index contributed by atoms with van der Waals surface area (Å²) in [6, 6.07) is 13.6. The summed E-state index contributed by atoms with van der Waals surface area (Å²) < 4.78 is 5.82. The predicted molar refractivity (Wildman–Crippen MR) is 141 cm³/mol. The monoisotopic (exact) mass is 475 g/mol. The smallest absolute Gasteiger partial charge is 0.119 e. The number of benzene rings is 2. The fourth-order valence-electron chi connectivity index (χ4n) is 3.66. The highest BCUT2D eigenvalue weighted by Crippen LogP contribution is 2.23. The summed E-state index contributed by atoms with van der Waals surface area (Å²) in [5.41, 5.74) is 2.10. The Morgan fingerprint density at radius 3 is 1.91 bits per heavy atom. The third kappa shape index (κ3) is 11.9. The summed E-state index contributed by atoms with van der Waals surface area (Å²) in [5, 5.41) is 1.11. The zero-order chi connectivity index (χ0) is 22.9. The second-order valence-electron chi connectivity index (χ2n) is 8.53. The zero-order valence-corrected chi connectivity index (χ0v) is 21.1. The van der Waals surface area contributed by atoms with Crippen LogP contribution in [0.25, 0.3) is 0 Å². The lowest BCUT2D eigenvalue weighted by Crippen LogP contribution is -1.95. The molecule has 4 heteroatoms. The van der Waals surface area contributed by atoms with Crippen LogP contribution in [0.15, 0.2) is 47.5 Å². The van der Waals surface area contributed by atoms with Gasteiger partial charge >= 0.3 is 0 Å². The Balaban J connectivity index is 1.50. The second kappa shape index (κ2) is 17.0. The molecule has 0 amide bonds. The first-order valence-electron chi connectivity index (χ1n) is 12.4. The Bertz CT molecular complexity index is 774. The van der Waals surface area contributed by atoms with Crippen LogP contribution >= 0.6 is 23.2 Å². The molecule has 2 rings (SSSR count). The number of hydrogen-bond donors (Lipinski definition) is 0. The lowest BCUT2D eigenvalue weighted by Gasteiger charge is -2.07. The first-order valence-corrected chi connectivity index (χ1v) is 13.1. The first kappa shape index (κ1) is 26.7. The molecule has 32 heavy (non-hydrogen) atoms. The van der Waals surface area contributed by atoms with Gasteiger partial charge in [0.15, 0.2) is 0 Å². The van der Waals surface area contributed by atoms with E-state index in [2.05, 4.69) is 11.9 Å². The number of aliphatic imine (C=N–C) groups is 1. The molecule has 0 N–H and O–H groups in total. The number of halogens is 2. The number of unbranched alkanes of at least 4 members (excludes halogenated alkanes) is 11. The highest BCUT2D eigenvalue weighted by molar-refractivity contribution is 6.42. The van der Waals surface area contributed by atoms with Crippen LogP contribution in [-0.4, -0.2) is 12.8 Å². The Kier molecular flexibility index (Phi) is 14.2. The van der Waals surface area contributed by atoms with Crippen molar-refractivity contribution in [2.45, 2.75) is 90.6 Å². The molecule has 0 unspecified atom stereocenters. The molecule has 0 atom stereocenters. The van der Waals surface area contributed by atoms with E-state index in [-0.39, 0.29) is 0 Å². The minimum atomic E-state index is 0.462. The van der Waals surface area contributed by atoms with Gasteiger partial charge in [0.2, 0.25) is 0 Å². The van der Waals surface area contributed by atoms with Gasteiger partial charge in [-0.2, -0.15) is 0 Å². The molecule has 0 saturated carbocycles. The number of hydrogen-bond acceptors (Lipinski definition) is 2. The third-order valence-corrected chi connectivity index (χ3v) is 6.39. The minimum Gasteiger partial charge on any atom is -0.489 e. The fraction of sp³-hybridized carbons (Fsp3) is 0.536. The Hall–Kier alpha value is -1.51. The van der Waals surface area contributed by atoms with E-state index in [1.807, 2.05) is 42.6 Å². The topological polar surface area (TPSA) is 21.6 Å². The molecule has 2 aromatic carbocycles. The fourth-order valence-corrected chi connectivity index (χ4v) is 3.98. The standard InChI is InChI=1S/C28H39Cl2NO/c1-2-3-4-5-6-7-8-9-10-11-12-13-20-31-22-24-14-17-26(18-15-24)32-23-25-16-19-27(29)28(30)21-25/h14-19,21-22H,2-13,20,23H2,1H3. The first-order chi connectivity index (χ1) is 15.7. The van der Waals surface area contributed by atoms with Crippen molar-refractivity contribution in [2.24, 2.45) is 4.99 Å². The summed E-state index contributed by atoms with van der Waals surface area (Å²) in [5.74, 6) is 0.828. The van der Waals surface area contributed by atoms with Gasteiger partial charge in [-0.05, 0) is 53.9 Å². The van der Waals surface area contributed by atoms with Gasteiger partial charge in [0.05, 0.1) is 10.0 Å². The predicted octanol–water partition coefficient (Wildman–Crippen LogP) is 9.69. The lowest BCUT2D eigenvalue weighted by atomic mass is 10.1. The van der Waals surface area contributed by atoms with Gasteiger partial charge in [-0.1, -0.05) is 107 Å². The van der Waals surface area contributed by atoms with Crippen molar-refractivity contribution in [2.75, 3.05) is 6.54 Å². The summed E-state index contributed by atoms with van der Waals surface area (Å²) >= 11 is 12.0. The maximum Gasteiger partial charge on any atom is 0.119 e. The maximum absolute atomic E-state index is 6.05. The lowest BCUT2D eigenvalue weighted by molar-refractivity contribution is 0.306. The highest BCUT2D eigenvalue weighted by atomic mass is 35.5. The Labute approximate surface area is 205 Å². The van der Waals surface area contributed by atoms with Gasteiger partial charge in [-0.15, -0.1) is 0 Å². The largest absolute Gasteiger partial charge is 0.489 e. The van der Waals surface area contributed by atoms with E-state index >= 15 is 0 Å². The third-order valence-electron chi connectivity index (χ3n) is 5.65. The van der Waals surface area contributed by atoms with E-state index < -0.39 is 0 Å². The van der Waals surface area contributed by atoms with Crippen LogP contribution in [0.5, 0.6) is 5.75 Å². The van der Waals surface area contributed by atoms with E-state index in [4.69, 9.17) is 27.9 Å². The van der Waals surface area contributed by atoms with Crippen LogP contribution in [0.1, 0.15) is 95.1 Å². The molecule has 176 valence electrons. The van der Waals surface area contributed by atoms with Crippen LogP contribution in [0.4, 0.5) is 0 Å². The summed E-state index contributed by atoms with van der Waals surface area (Å²) in [4.78, 5) is 4.57. The van der Waals surface area contributed by atoms with Gasteiger partial charge in [-0.25, -0.2) is 0 Å². The molecule has 0 aromatic heterocycles. The van der Waals surface area contributed by atoms with Gasteiger partial charge in [-0.3, -0.25) is 4.99 Å². The molecule has 0 fully saturated rings. The van der Waals surface area contributed by atoms with Gasteiger partial charge in [0, 0.05) is 12.8 Å². The molecule has 0 heterocycles. The van der Waals surface area contributed by atoms with E-state index in [9.17, 15) is 0 Å². The van der Waals surface area contributed by atoms with Crippen molar-refractivity contribution >= 4 is 29.4 Å². The van der Waals surface area contributed by atoms with E-state index in [0.29, 0.717) is 16.7 Å². The average Bonchev–Trinajstić information content (AvgIpc) is 2.81. The summed E-state index contributed by atoms with van der Waals surface area (Å²) in [6.07, 6.45) is 18.4. The van der Waals surface area contributed by atoms with E-state index in [1.54, 1.807) is 6.07 Å². The van der Waals surface area contributed by atoms with Gasteiger partial charge in [0.25, 0.3) is 0 Å². The molecule has 0 saturated heterocycles. The van der Waals surface area contributed by atoms with Crippen molar-refractivity contribution in [1.29, 1.82) is 0 Å². The Morgan fingerprint density at radius 2 is 1.31 bits per heavy atom. The molecule has 0 bridgehead atoms. The molecule has 0 aliphatic carbocycles. The Morgan fingerprint density at radius 1 is 0.719 bits per heavy atom. The molecular weight excluding hydrogens is 437 g/mol. The normalized spacial score (nSPS) is 11.3. The summed E-state index contributed by atoms with van der Waals surface area (Å²) in [7, 11) is 0. The average molecular weight is 477 g/mol. The molecule has 2 aromatic rings. The minimum absolute atomic E-state index is 0.462. The van der Waals surface area contributed by atoms with Crippen molar-refractivity contribution in [3.63, 3.8) is 0 Å². The van der Waals surface area contributed by atoms with Crippen LogP contribution in [0, 0.1) is 0 Å². The molecule has 2 nitrogen and oxygen atoms in total. The molecule has 0 radical (unpaired) electrons. The number of rotatable bonds is 17. The SMILES string of the molecule is CCCCCCCCCCCCCCN=Cc1ccc(OCc2ccc(Cl)c(Cl)c2)cc1. The number of nitrogens with zero attached hydrogens (tertiary/aromatic N) is 1. The van der Waals surface area contributed by atoms with Crippen molar-refractivity contribution in [3.05, 3.63) is 63.6 Å². The van der Waals surface area contributed by atoms with Gasteiger partial charge < -0.3 is 4.74 Å². The maximum atomic E-state index is 6.05. The molecule has 0 aliphatic rings. The van der Waals surface area contributed by atoms with E-state index in [0.717, 1.165) is 23.4 Å². The molecule has 0 spiro atoms. The van der Waals surface area contributed by atoms with Crippen molar-refractivity contribution in [3.8, 4) is 5.75 Å². The molecule has 0 aliphatic heterocycles. The highest BCUT2D eigenvalue weighted by Gasteiger charge is 2.01. The van der Waals surface area contributed by atoms with Gasteiger partial charge in [0.1, 0.15) is 12.4 Å². The van der Waals surface area contributed by atoms with Crippen LogP contribution < -0.4 is 4.74 Å². The summed E-state index contributed by atoms with van der Waals surface area (Å²) in [6.45, 7) is 3.65. The quantitative estimate of drug-likeness (QED) is 0.164. The van der Waals surface area contributed by atoms with Crippen LogP contribution in [0.2, 0.25) is 10.0 Å². The van der Waals surface area contributed by atoms with Crippen molar-refractivity contribution < 1.29 is 4.74 Å². The number of ether oxygens (including phenoxy) is 1. The van der Waals surface area contributed by atoms with Crippen LogP contribution in [0.3, 0.4) is 0 Å². The molecular formula is C28H39Cl2NO.